The standard InChI is InChI=1S/C23H18N4O3S2/c28-21(27-30)9-7-18-6-8-20(32-18)23(29)25-17-5-1-3-15(11-17)12-22-26-19(14-31-22)16-4-2-10-24-13-16/h1-11,13-14,30H,12H2,(H,25,29)(H,27,28)/b9-7+. The minimum atomic E-state index is -0.631. The van der Waals surface area contributed by atoms with E-state index in [0.29, 0.717) is 17.0 Å². The second-order valence-corrected chi connectivity index (χ2v) is 8.77. The van der Waals surface area contributed by atoms with Crippen LogP contribution in [0.2, 0.25) is 0 Å². The molecule has 0 saturated heterocycles. The molecule has 0 spiro atoms. The molecule has 0 fully saturated rings. The summed E-state index contributed by atoms with van der Waals surface area (Å²) >= 11 is 2.84. The quantitative estimate of drug-likeness (QED) is 0.211. The molecule has 3 heterocycles. The van der Waals surface area contributed by atoms with Gasteiger partial charge in [-0.1, -0.05) is 12.1 Å². The van der Waals surface area contributed by atoms with E-state index in [4.69, 9.17) is 10.2 Å². The van der Waals surface area contributed by atoms with E-state index in [-0.39, 0.29) is 5.91 Å². The minimum absolute atomic E-state index is 0.230. The van der Waals surface area contributed by atoms with Crippen molar-refractivity contribution in [3.8, 4) is 11.3 Å². The number of nitrogens with zero attached hydrogens (tertiary/aromatic N) is 2. The largest absolute Gasteiger partial charge is 0.321 e. The Morgan fingerprint density at radius 1 is 1.12 bits per heavy atom. The van der Waals surface area contributed by atoms with Gasteiger partial charge in [0.15, 0.2) is 0 Å². The molecule has 0 aliphatic rings. The molecule has 0 bridgehead atoms. The zero-order valence-electron chi connectivity index (χ0n) is 16.7. The Balaban J connectivity index is 1.41. The van der Waals surface area contributed by atoms with E-state index < -0.39 is 5.91 Å². The van der Waals surface area contributed by atoms with Gasteiger partial charge in [0.2, 0.25) is 0 Å². The van der Waals surface area contributed by atoms with Crippen molar-refractivity contribution in [2.45, 2.75) is 6.42 Å². The number of thiazole rings is 1. The summed E-state index contributed by atoms with van der Waals surface area (Å²) in [7, 11) is 0. The molecule has 0 aliphatic heterocycles. The Hall–Kier alpha value is -3.66. The van der Waals surface area contributed by atoms with Crippen LogP contribution < -0.4 is 10.8 Å². The number of pyridine rings is 1. The Morgan fingerprint density at radius 2 is 2.03 bits per heavy atom. The summed E-state index contributed by atoms with van der Waals surface area (Å²) < 4.78 is 0. The lowest BCUT2D eigenvalue weighted by Gasteiger charge is -2.06. The molecule has 4 aromatic rings. The Bertz CT molecular complexity index is 1270. The lowest BCUT2D eigenvalue weighted by Crippen LogP contribution is -2.14. The molecule has 4 rings (SSSR count). The molecular weight excluding hydrogens is 444 g/mol. The van der Waals surface area contributed by atoms with Crippen LogP contribution in [0.5, 0.6) is 0 Å². The fourth-order valence-electron chi connectivity index (χ4n) is 2.92. The van der Waals surface area contributed by atoms with Gasteiger partial charge in [-0.3, -0.25) is 19.8 Å². The van der Waals surface area contributed by atoms with Crippen molar-refractivity contribution in [1.82, 2.24) is 15.4 Å². The molecule has 32 heavy (non-hydrogen) atoms. The van der Waals surface area contributed by atoms with Crippen LogP contribution in [0.3, 0.4) is 0 Å². The minimum Gasteiger partial charge on any atom is -0.321 e. The molecule has 2 amide bonds. The summed E-state index contributed by atoms with van der Waals surface area (Å²) in [5.41, 5.74) is 5.15. The van der Waals surface area contributed by atoms with Crippen molar-refractivity contribution >= 4 is 46.3 Å². The first-order valence-electron chi connectivity index (χ1n) is 9.58. The maximum absolute atomic E-state index is 12.6. The summed E-state index contributed by atoms with van der Waals surface area (Å²) in [6.07, 6.45) is 6.91. The predicted molar refractivity (Wildman–Crippen MR) is 126 cm³/mol. The van der Waals surface area contributed by atoms with E-state index in [2.05, 4.69) is 10.3 Å². The average Bonchev–Trinajstić information content (AvgIpc) is 3.48. The predicted octanol–water partition coefficient (Wildman–Crippen LogP) is 4.63. The summed E-state index contributed by atoms with van der Waals surface area (Å²) in [5.74, 6) is -0.861. The summed E-state index contributed by atoms with van der Waals surface area (Å²) in [6.45, 7) is 0. The third-order valence-corrected chi connectivity index (χ3v) is 6.31. The van der Waals surface area contributed by atoms with Gasteiger partial charge >= 0.3 is 0 Å². The highest BCUT2D eigenvalue weighted by Gasteiger charge is 2.10. The number of aromatic nitrogens is 2. The second kappa shape index (κ2) is 10.1. The lowest BCUT2D eigenvalue weighted by atomic mass is 10.1. The molecule has 7 nitrogen and oxygen atoms in total. The highest BCUT2D eigenvalue weighted by molar-refractivity contribution is 7.15. The number of hydroxylamine groups is 1. The van der Waals surface area contributed by atoms with E-state index in [9.17, 15) is 9.59 Å². The van der Waals surface area contributed by atoms with Crippen molar-refractivity contribution in [1.29, 1.82) is 0 Å². The molecule has 160 valence electrons. The van der Waals surface area contributed by atoms with Crippen LogP contribution >= 0.6 is 22.7 Å². The molecule has 0 unspecified atom stereocenters. The monoisotopic (exact) mass is 462 g/mol. The second-order valence-electron chi connectivity index (χ2n) is 6.71. The highest BCUT2D eigenvalue weighted by Crippen LogP contribution is 2.24. The Kier molecular flexibility index (Phi) is 6.81. The normalized spacial score (nSPS) is 10.9. The number of benzene rings is 1. The number of thiophene rings is 1. The molecule has 9 heteroatoms. The van der Waals surface area contributed by atoms with E-state index in [1.54, 1.807) is 35.9 Å². The molecule has 0 atom stereocenters. The van der Waals surface area contributed by atoms with Gasteiger partial charge in [0.1, 0.15) is 0 Å². The highest BCUT2D eigenvalue weighted by atomic mass is 32.1. The third kappa shape index (κ3) is 5.52. The van der Waals surface area contributed by atoms with Crippen molar-refractivity contribution in [3.63, 3.8) is 0 Å². The SMILES string of the molecule is O=C(/C=C/c1ccc(C(=O)Nc2cccc(Cc3nc(-c4cccnc4)cs3)c2)s1)NO. The fourth-order valence-corrected chi connectivity index (χ4v) is 4.57. The smallest absolute Gasteiger partial charge is 0.267 e. The number of hydrogen-bond donors (Lipinski definition) is 3. The molecular formula is C23H18N4O3S2. The van der Waals surface area contributed by atoms with E-state index in [0.717, 1.165) is 26.7 Å². The van der Waals surface area contributed by atoms with Crippen molar-refractivity contribution in [2.24, 2.45) is 0 Å². The van der Waals surface area contributed by atoms with Crippen LogP contribution in [0.4, 0.5) is 5.69 Å². The van der Waals surface area contributed by atoms with Gasteiger partial charge in [-0.15, -0.1) is 22.7 Å². The van der Waals surface area contributed by atoms with Gasteiger partial charge in [-0.2, -0.15) is 0 Å². The number of nitrogens with one attached hydrogen (secondary N) is 2. The number of carbonyl (C=O) groups is 2. The number of anilines is 1. The molecule has 0 radical (unpaired) electrons. The fraction of sp³-hybridized carbons (Fsp3) is 0.0435. The molecule has 3 aromatic heterocycles. The number of rotatable bonds is 7. The van der Waals surface area contributed by atoms with Gasteiger partial charge in [0.05, 0.1) is 15.6 Å². The van der Waals surface area contributed by atoms with Crippen LogP contribution in [0.25, 0.3) is 17.3 Å². The van der Waals surface area contributed by atoms with E-state index in [1.165, 1.54) is 29.0 Å². The van der Waals surface area contributed by atoms with Crippen LogP contribution in [-0.4, -0.2) is 27.0 Å². The molecule has 0 aliphatic carbocycles. The Labute approximate surface area is 192 Å². The van der Waals surface area contributed by atoms with Crippen LogP contribution in [0.1, 0.15) is 25.1 Å². The number of amides is 2. The van der Waals surface area contributed by atoms with Gasteiger partial charge < -0.3 is 5.32 Å². The average molecular weight is 463 g/mol. The zero-order chi connectivity index (χ0) is 22.3. The summed E-state index contributed by atoms with van der Waals surface area (Å²) in [6, 6.07) is 15.0. The first-order valence-corrected chi connectivity index (χ1v) is 11.3. The summed E-state index contributed by atoms with van der Waals surface area (Å²) in [5, 5.41) is 14.4. The third-order valence-electron chi connectivity index (χ3n) is 4.41. The van der Waals surface area contributed by atoms with E-state index >= 15 is 0 Å². The first kappa shape index (κ1) is 21.6. The van der Waals surface area contributed by atoms with Gasteiger partial charge in [-0.25, -0.2) is 10.5 Å². The van der Waals surface area contributed by atoms with Crippen LogP contribution in [-0.2, 0) is 11.2 Å². The van der Waals surface area contributed by atoms with Crippen molar-refractivity contribution in [3.05, 3.63) is 92.7 Å². The van der Waals surface area contributed by atoms with Crippen LogP contribution in [0.15, 0.2) is 72.4 Å². The van der Waals surface area contributed by atoms with Crippen molar-refractivity contribution in [2.75, 3.05) is 5.32 Å². The molecule has 3 N–H and O–H groups in total. The van der Waals surface area contributed by atoms with Crippen molar-refractivity contribution < 1.29 is 14.8 Å². The maximum atomic E-state index is 12.6. The van der Waals surface area contributed by atoms with E-state index in [1.807, 2.05) is 41.8 Å². The zero-order valence-corrected chi connectivity index (χ0v) is 18.3. The Morgan fingerprint density at radius 3 is 2.84 bits per heavy atom. The van der Waals surface area contributed by atoms with Crippen LogP contribution in [0, 0.1) is 0 Å². The van der Waals surface area contributed by atoms with Gasteiger partial charge in [-0.05, 0) is 48.0 Å². The lowest BCUT2D eigenvalue weighted by molar-refractivity contribution is -0.124. The molecule has 1 aromatic carbocycles. The number of hydrogen-bond acceptors (Lipinski definition) is 7. The number of carbonyl (C=O) groups excluding carboxylic acids is 2. The summed E-state index contributed by atoms with van der Waals surface area (Å²) in [4.78, 5) is 33.7. The first-order chi connectivity index (χ1) is 15.6. The maximum Gasteiger partial charge on any atom is 0.267 e. The topological polar surface area (TPSA) is 104 Å². The van der Waals surface area contributed by atoms with Gasteiger partial charge in [0.25, 0.3) is 11.8 Å². The molecule has 0 saturated carbocycles. The van der Waals surface area contributed by atoms with Gasteiger partial charge in [0, 0.05) is 46.4 Å².